The molecule has 140 valence electrons. The number of carbonyl (C=O) groups is 2. The molecule has 5 rings (SSSR count). The molecule has 7 nitrogen and oxygen atoms in total. The van der Waals surface area contributed by atoms with E-state index in [1.54, 1.807) is 17.0 Å². The molecule has 5 atom stereocenters. The molecule has 0 aliphatic carbocycles. The highest BCUT2D eigenvalue weighted by Gasteiger charge is 2.69. The van der Waals surface area contributed by atoms with Crippen molar-refractivity contribution in [2.45, 2.75) is 31.2 Å². The number of carboxylic acids is 1. The van der Waals surface area contributed by atoms with Gasteiger partial charge in [-0.2, -0.15) is 0 Å². The van der Waals surface area contributed by atoms with Crippen molar-refractivity contribution in [3.63, 3.8) is 0 Å². The zero-order valence-corrected chi connectivity index (χ0v) is 14.7. The van der Waals surface area contributed by atoms with Crippen LogP contribution in [0, 0.1) is 11.8 Å². The zero-order valence-electron chi connectivity index (χ0n) is 14.7. The molecule has 2 bridgehead atoms. The summed E-state index contributed by atoms with van der Waals surface area (Å²) in [6.45, 7) is 6.35. The van der Waals surface area contributed by atoms with Gasteiger partial charge < -0.3 is 29.0 Å². The van der Waals surface area contributed by atoms with Crippen LogP contribution in [0.4, 0.5) is 0 Å². The lowest BCUT2D eigenvalue weighted by molar-refractivity contribution is -0.313. The molecule has 1 amide bonds. The molecule has 27 heavy (non-hydrogen) atoms. The quantitative estimate of drug-likeness (QED) is 0.715. The Hall–Kier alpha value is -2.80. The summed E-state index contributed by atoms with van der Waals surface area (Å²) in [6, 6.07) is 5.07. The summed E-state index contributed by atoms with van der Waals surface area (Å²) >= 11 is 0. The smallest absolute Gasteiger partial charge is 0.231 e. The molecule has 2 saturated heterocycles. The summed E-state index contributed by atoms with van der Waals surface area (Å²) in [4.78, 5) is 26.6. The number of aliphatic carboxylic acids is 1. The van der Waals surface area contributed by atoms with Crippen LogP contribution in [0.5, 0.6) is 11.5 Å². The number of nitrogens with zero attached hydrogens (tertiary/aromatic N) is 1. The summed E-state index contributed by atoms with van der Waals surface area (Å²) in [5.74, 6) is -1.98. The van der Waals surface area contributed by atoms with Crippen molar-refractivity contribution in [3.05, 3.63) is 48.1 Å². The number of carbonyl (C=O) groups excluding carboxylic acids is 2. The second kappa shape index (κ2) is 5.36. The van der Waals surface area contributed by atoms with E-state index in [4.69, 9.17) is 14.2 Å². The number of likely N-dealkylation sites (tertiary alicyclic amines) is 1. The van der Waals surface area contributed by atoms with Crippen LogP contribution in [-0.4, -0.2) is 41.3 Å². The van der Waals surface area contributed by atoms with Gasteiger partial charge in [0.05, 0.1) is 18.1 Å². The van der Waals surface area contributed by atoms with E-state index in [-0.39, 0.29) is 12.7 Å². The minimum Gasteiger partial charge on any atom is -0.550 e. The lowest BCUT2D eigenvalue weighted by Gasteiger charge is -2.33. The molecule has 1 aromatic rings. The van der Waals surface area contributed by atoms with Crippen molar-refractivity contribution in [1.82, 2.24) is 4.90 Å². The van der Waals surface area contributed by atoms with Crippen molar-refractivity contribution in [3.8, 4) is 11.5 Å². The average molecular weight is 368 g/mol. The lowest BCUT2D eigenvalue weighted by Crippen LogP contribution is -2.46. The van der Waals surface area contributed by atoms with Gasteiger partial charge in [0.25, 0.3) is 0 Å². The first-order valence-electron chi connectivity index (χ1n) is 8.85. The highest BCUT2D eigenvalue weighted by Crippen LogP contribution is 2.56. The first-order chi connectivity index (χ1) is 12.9. The van der Waals surface area contributed by atoms with Crippen LogP contribution in [0.15, 0.2) is 42.5 Å². The number of rotatable bonds is 4. The second-order valence-electron chi connectivity index (χ2n) is 7.52. The summed E-state index contributed by atoms with van der Waals surface area (Å²) in [5, 5.41) is 11.7. The summed E-state index contributed by atoms with van der Waals surface area (Å²) in [6.07, 6.45) is 2.93. The van der Waals surface area contributed by atoms with Gasteiger partial charge >= 0.3 is 0 Å². The van der Waals surface area contributed by atoms with Crippen LogP contribution in [-0.2, 0) is 20.9 Å². The zero-order chi connectivity index (χ0) is 18.9. The maximum absolute atomic E-state index is 13.3. The van der Waals surface area contributed by atoms with E-state index in [0.29, 0.717) is 18.0 Å². The Morgan fingerprint density at radius 3 is 2.89 bits per heavy atom. The minimum atomic E-state index is -1.25. The molecule has 2 fully saturated rings. The van der Waals surface area contributed by atoms with Crippen LogP contribution in [0.2, 0.25) is 0 Å². The molecule has 0 N–H and O–H groups in total. The molecule has 4 aliphatic rings. The number of carboxylic acid groups (broad SMARTS) is 1. The van der Waals surface area contributed by atoms with Crippen LogP contribution < -0.4 is 14.6 Å². The largest absolute Gasteiger partial charge is 0.550 e. The molecule has 0 aromatic heterocycles. The fourth-order valence-electron chi connectivity index (χ4n) is 4.95. The molecule has 1 spiro atoms. The predicted octanol–water partition coefficient (Wildman–Crippen LogP) is 0.392. The number of benzene rings is 1. The van der Waals surface area contributed by atoms with Gasteiger partial charge in [0.1, 0.15) is 5.60 Å². The monoisotopic (exact) mass is 368 g/mol. The van der Waals surface area contributed by atoms with E-state index in [2.05, 4.69) is 6.58 Å². The normalized spacial score (nSPS) is 35.0. The predicted molar refractivity (Wildman–Crippen MR) is 90.4 cm³/mol. The van der Waals surface area contributed by atoms with Crippen LogP contribution in [0.3, 0.4) is 0 Å². The van der Waals surface area contributed by atoms with Crippen LogP contribution >= 0.6 is 0 Å². The number of amides is 1. The highest BCUT2D eigenvalue weighted by molar-refractivity contribution is 5.91. The van der Waals surface area contributed by atoms with Crippen molar-refractivity contribution >= 4 is 11.9 Å². The van der Waals surface area contributed by atoms with E-state index in [0.717, 1.165) is 11.1 Å². The van der Waals surface area contributed by atoms with Gasteiger partial charge in [-0.25, -0.2) is 0 Å². The summed E-state index contributed by atoms with van der Waals surface area (Å²) in [7, 11) is 0. The Balaban J connectivity index is 1.53. The van der Waals surface area contributed by atoms with Crippen molar-refractivity contribution in [2.75, 3.05) is 6.79 Å². The Labute approximate surface area is 155 Å². The Kier molecular flexibility index (Phi) is 3.25. The first-order valence-corrected chi connectivity index (χ1v) is 8.85. The second-order valence-corrected chi connectivity index (χ2v) is 7.52. The molecule has 0 saturated carbocycles. The topological polar surface area (TPSA) is 88.1 Å². The third-order valence-corrected chi connectivity index (χ3v) is 5.90. The van der Waals surface area contributed by atoms with Gasteiger partial charge in [-0.3, -0.25) is 4.79 Å². The SMILES string of the molecule is C=C(C)[C@H]1N(Cc2ccc3c(c2)OCO3)C(=O)[C@@H]2[C@@H](C(=O)[O-])[C@@H]3C=C[C@@]21O3. The molecule has 4 heterocycles. The maximum Gasteiger partial charge on any atom is 0.231 e. The number of ether oxygens (including phenoxy) is 3. The molecular weight excluding hydrogens is 350 g/mol. The number of hydrogen-bond donors (Lipinski definition) is 0. The fourth-order valence-corrected chi connectivity index (χ4v) is 4.95. The minimum absolute atomic E-state index is 0.175. The Bertz CT molecular complexity index is 908. The van der Waals surface area contributed by atoms with Crippen LogP contribution in [0.1, 0.15) is 12.5 Å². The lowest BCUT2D eigenvalue weighted by atomic mass is 9.74. The molecule has 0 radical (unpaired) electrons. The standard InChI is InChI=1S/C20H19NO6/c1-10(2)17-20-6-5-13(27-20)15(19(23)24)16(20)18(22)21(17)8-11-3-4-12-14(7-11)26-9-25-12/h3-7,13,15-17H,1,8-9H2,2H3,(H,23,24)/p-1/t13-,15-,16-,17+,20+/m0/s1. The van der Waals surface area contributed by atoms with E-state index >= 15 is 0 Å². The van der Waals surface area contributed by atoms with Crippen molar-refractivity contribution in [2.24, 2.45) is 11.8 Å². The third kappa shape index (κ3) is 2.06. The number of hydrogen-bond acceptors (Lipinski definition) is 6. The summed E-state index contributed by atoms with van der Waals surface area (Å²) in [5.41, 5.74) is 0.615. The van der Waals surface area contributed by atoms with E-state index in [9.17, 15) is 14.7 Å². The fraction of sp³-hybridized carbons (Fsp3) is 0.400. The molecular formula is C20H18NO6-. The summed E-state index contributed by atoms with van der Waals surface area (Å²) < 4.78 is 16.8. The number of fused-ring (bicyclic) bond motifs is 2. The molecule has 0 unspecified atom stereocenters. The average Bonchev–Trinajstić information content (AvgIpc) is 3.35. The molecule has 7 heteroatoms. The van der Waals surface area contributed by atoms with Gasteiger partial charge in [0.15, 0.2) is 11.5 Å². The Morgan fingerprint density at radius 1 is 1.37 bits per heavy atom. The van der Waals surface area contributed by atoms with Gasteiger partial charge in [-0.05, 0) is 24.6 Å². The molecule has 1 aromatic carbocycles. The van der Waals surface area contributed by atoms with Gasteiger partial charge in [0.2, 0.25) is 12.7 Å². The van der Waals surface area contributed by atoms with E-state index in [1.165, 1.54) is 0 Å². The van der Waals surface area contributed by atoms with Gasteiger partial charge in [-0.15, -0.1) is 0 Å². The van der Waals surface area contributed by atoms with E-state index in [1.807, 2.05) is 25.1 Å². The van der Waals surface area contributed by atoms with Crippen molar-refractivity contribution in [1.29, 1.82) is 0 Å². The van der Waals surface area contributed by atoms with Crippen LogP contribution in [0.25, 0.3) is 0 Å². The highest BCUT2D eigenvalue weighted by atomic mass is 16.7. The van der Waals surface area contributed by atoms with Crippen molar-refractivity contribution < 1.29 is 28.9 Å². The third-order valence-electron chi connectivity index (χ3n) is 5.90. The van der Waals surface area contributed by atoms with E-state index < -0.39 is 35.6 Å². The first kappa shape index (κ1) is 16.4. The Morgan fingerprint density at radius 2 is 2.15 bits per heavy atom. The van der Waals surface area contributed by atoms with Gasteiger partial charge in [-0.1, -0.05) is 30.4 Å². The maximum atomic E-state index is 13.3. The molecule has 4 aliphatic heterocycles. The van der Waals surface area contributed by atoms with Gasteiger partial charge in [0, 0.05) is 18.4 Å².